The number of nitrogens with zero attached hydrogens (tertiary/aromatic N) is 4. The number of aryl methyl sites for hydroxylation is 2. The maximum absolute atomic E-state index is 13.4. The van der Waals surface area contributed by atoms with Gasteiger partial charge >= 0.3 is 0 Å². The Balaban J connectivity index is 1.43. The molecule has 0 radical (unpaired) electrons. The summed E-state index contributed by atoms with van der Waals surface area (Å²) in [6, 6.07) is 16.9. The standard InChI is InChI=1S/C26H32N4O3S/c1-19-7-3-4-8-22(19)20-9-11-21(12-10-20)26-23-15-29(13-5-6-14-30(23)24(26)17-31)34(32,33)25-16-28(2)18-27-25/h3-4,7-12,16,18,23-24,26,31H,5-6,13-15,17H2,1-2H3/t23-,24-,26+/m1/s1. The van der Waals surface area contributed by atoms with Crippen LogP contribution in [0.2, 0.25) is 0 Å². The zero-order chi connectivity index (χ0) is 23.9. The summed E-state index contributed by atoms with van der Waals surface area (Å²) in [5, 5.41) is 10.3. The Morgan fingerprint density at radius 1 is 1.06 bits per heavy atom. The van der Waals surface area contributed by atoms with E-state index in [9.17, 15) is 13.5 Å². The predicted molar refractivity (Wildman–Crippen MR) is 132 cm³/mol. The third-order valence-corrected chi connectivity index (χ3v) is 9.12. The lowest BCUT2D eigenvalue weighted by molar-refractivity contribution is -0.0554. The second-order valence-electron chi connectivity index (χ2n) is 9.47. The van der Waals surface area contributed by atoms with Crippen LogP contribution in [0, 0.1) is 6.92 Å². The lowest BCUT2D eigenvalue weighted by atomic mass is 9.74. The molecule has 0 unspecified atom stereocenters. The van der Waals surface area contributed by atoms with Crippen molar-refractivity contribution in [1.29, 1.82) is 0 Å². The third-order valence-electron chi connectivity index (χ3n) is 7.37. The van der Waals surface area contributed by atoms with E-state index in [2.05, 4.69) is 53.2 Å². The van der Waals surface area contributed by atoms with Crippen LogP contribution < -0.4 is 0 Å². The highest BCUT2D eigenvalue weighted by Crippen LogP contribution is 2.43. The molecule has 180 valence electrons. The zero-order valence-electron chi connectivity index (χ0n) is 19.7. The Kier molecular flexibility index (Phi) is 6.33. The predicted octanol–water partition coefficient (Wildman–Crippen LogP) is 3.01. The summed E-state index contributed by atoms with van der Waals surface area (Å²) in [6.07, 6.45) is 4.78. The minimum absolute atomic E-state index is 0.00631. The van der Waals surface area contributed by atoms with Gasteiger partial charge in [0.25, 0.3) is 10.0 Å². The van der Waals surface area contributed by atoms with E-state index in [1.165, 1.54) is 17.5 Å². The van der Waals surface area contributed by atoms with Crippen molar-refractivity contribution >= 4 is 10.0 Å². The molecule has 3 heterocycles. The number of hydrogen-bond donors (Lipinski definition) is 1. The molecule has 2 fully saturated rings. The van der Waals surface area contributed by atoms with Gasteiger partial charge in [-0.05, 0) is 48.6 Å². The molecule has 7 nitrogen and oxygen atoms in total. The molecule has 0 saturated carbocycles. The van der Waals surface area contributed by atoms with Crippen LogP contribution in [-0.4, -0.2) is 70.6 Å². The highest BCUT2D eigenvalue weighted by atomic mass is 32.2. The van der Waals surface area contributed by atoms with E-state index in [-0.39, 0.29) is 29.6 Å². The fraction of sp³-hybridized carbons (Fsp3) is 0.423. The second-order valence-corrected chi connectivity index (χ2v) is 11.4. The average Bonchev–Trinajstić information content (AvgIpc) is 3.26. The second kappa shape index (κ2) is 9.26. The number of sulfonamides is 1. The lowest BCUT2D eigenvalue weighted by Crippen LogP contribution is -2.67. The minimum atomic E-state index is -3.67. The van der Waals surface area contributed by atoms with Crippen molar-refractivity contribution in [2.45, 2.75) is 42.8 Å². The van der Waals surface area contributed by atoms with Gasteiger partial charge in [-0.2, -0.15) is 4.31 Å². The number of fused-ring (bicyclic) bond motifs is 1. The first kappa shape index (κ1) is 23.2. The molecule has 0 amide bonds. The summed E-state index contributed by atoms with van der Waals surface area (Å²) in [5.41, 5.74) is 4.75. The molecular formula is C26H32N4O3S. The molecule has 34 heavy (non-hydrogen) atoms. The van der Waals surface area contributed by atoms with Crippen LogP contribution in [0.25, 0.3) is 11.1 Å². The summed E-state index contributed by atoms with van der Waals surface area (Å²) in [5.74, 6) is 0.0791. The van der Waals surface area contributed by atoms with Crippen LogP contribution >= 0.6 is 0 Å². The van der Waals surface area contributed by atoms with Gasteiger partial charge in [0.15, 0.2) is 5.03 Å². The Bertz CT molecular complexity index is 1260. The number of imidazole rings is 1. The van der Waals surface area contributed by atoms with Crippen molar-refractivity contribution in [2.75, 3.05) is 26.2 Å². The van der Waals surface area contributed by atoms with Crippen LogP contribution in [0.5, 0.6) is 0 Å². The van der Waals surface area contributed by atoms with E-state index in [1.807, 2.05) is 12.1 Å². The van der Waals surface area contributed by atoms with Crippen molar-refractivity contribution < 1.29 is 13.5 Å². The smallest absolute Gasteiger partial charge is 0.262 e. The first-order valence-electron chi connectivity index (χ1n) is 11.9. The van der Waals surface area contributed by atoms with Crippen LogP contribution in [0.15, 0.2) is 66.1 Å². The molecule has 0 bridgehead atoms. The number of rotatable bonds is 5. The molecule has 1 aromatic heterocycles. The topological polar surface area (TPSA) is 78.7 Å². The molecule has 2 aliphatic rings. The van der Waals surface area contributed by atoms with Crippen LogP contribution in [0.4, 0.5) is 0 Å². The zero-order valence-corrected chi connectivity index (χ0v) is 20.5. The van der Waals surface area contributed by atoms with E-state index in [4.69, 9.17) is 0 Å². The van der Waals surface area contributed by atoms with Gasteiger partial charge in [-0.1, -0.05) is 48.5 Å². The van der Waals surface area contributed by atoms with Crippen molar-refractivity contribution in [3.8, 4) is 11.1 Å². The van der Waals surface area contributed by atoms with Crippen LogP contribution in [-0.2, 0) is 17.1 Å². The first-order chi connectivity index (χ1) is 16.4. The van der Waals surface area contributed by atoms with E-state index in [1.54, 1.807) is 22.1 Å². The number of benzene rings is 2. The quantitative estimate of drug-likeness (QED) is 0.607. The Labute approximate surface area is 201 Å². The summed E-state index contributed by atoms with van der Waals surface area (Å²) >= 11 is 0. The fourth-order valence-electron chi connectivity index (χ4n) is 5.56. The SMILES string of the molecule is Cc1ccccc1-c1ccc([C@@H]2[C@@H](CO)N3CCCCN(S(=O)(=O)c4cn(C)cn4)C[C@H]23)cc1. The average molecular weight is 481 g/mol. The maximum atomic E-state index is 13.4. The highest BCUT2D eigenvalue weighted by Gasteiger charge is 2.50. The van der Waals surface area contributed by atoms with Crippen molar-refractivity contribution in [1.82, 2.24) is 18.8 Å². The largest absolute Gasteiger partial charge is 0.395 e. The lowest BCUT2D eigenvalue weighted by Gasteiger charge is -2.57. The van der Waals surface area contributed by atoms with Gasteiger partial charge < -0.3 is 9.67 Å². The number of aliphatic hydroxyl groups is 1. The summed E-state index contributed by atoms with van der Waals surface area (Å²) < 4.78 is 30.0. The minimum Gasteiger partial charge on any atom is -0.395 e. The molecule has 0 spiro atoms. The van der Waals surface area contributed by atoms with Gasteiger partial charge in [0.1, 0.15) is 0 Å². The van der Waals surface area contributed by atoms with Crippen LogP contribution in [0.3, 0.4) is 0 Å². The Hall–Kier alpha value is -2.52. The van der Waals surface area contributed by atoms with Gasteiger partial charge in [0, 0.05) is 44.3 Å². The molecule has 1 N–H and O–H groups in total. The number of aromatic nitrogens is 2. The number of aliphatic hydroxyl groups excluding tert-OH is 1. The van der Waals surface area contributed by atoms with Gasteiger partial charge in [-0.25, -0.2) is 13.4 Å². The van der Waals surface area contributed by atoms with E-state index in [0.29, 0.717) is 13.1 Å². The normalized spacial score (nSPS) is 24.1. The molecule has 5 rings (SSSR count). The van der Waals surface area contributed by atoms with E-state index in [0.717, 1.165) is 30.5 Å². The van der Waals surface area contributed by atoms with Gasteiger partial charge in [0.05, 0.1) is 12.9 Å². The molecule has 8 heteroatoms. The summed E-state index contributed by atoms with van der Waals surface area (Å²) in [4.78, 5) is 6.40. The van der Waals surface area contributed by atoms with E-state index < -0.39 is 10.0 Å². The number of hydrogen-bond acceptors (Lipinski definition) is 5. The molecular weight excluding hydrogens is 448 g/mol. The fourth-order valence-corrected chi connectivity index (χ4v) is 7.03. The van der Waals surface area contributed by atoms with E-state index >= 15 is 0 Å². The summed E-state index contributed by atoms with van der Waals surface area (Å²) in [7, 11) is -1.89. The van der Waals surface area contributed by atoms with Gasteiger partial charge in [-0.15, -0.1) is 0 Å². The molecule has 3 atom stereocenters. The van der Waals surface area contributed by atoms with Gasteiger partial charge in [0.2, 0.25) is 0 Å². The molecule has 2 aromatic carbocycles. The third kappa shape index (κ3) is 4.09. The molecule has 3 aromatic rings. The summed E-state index contributed by atoms with van der Waals surface area (Å²) in [6.45, 7) is 3.95. The molecule has 2 aliphatic heterocycles. The van der Waals surface area contributed by atoms with Crippen LogP contribution in [0.1, 0.15) is 29.9 Å². The molecule has 0 aliphatic carbocycles. The van der Waals surface area contributed by atoms with Crippen molar-refractivity contribution in [3.05, 3.63) is 72.2 Å². The van der Waals surface area contributed by atoms with Gasteiger partial charge in [-0.3, -0.25) is 4.90 Å². The first-order valence-corrected chi connectivity index (χ1v) is 13.3. The monoisotopic (exact) mass is 480 g/mol. The van der Waals surface area contributed by atoms with Crippen molar-refractivity contribution in [3.63, 3.8) is 0 Å². The molecule has 2 saturated heterocycles. The Morgan fingerprint density at radius 2 is 1.79 bits per heavy atom. The Morgan fingerprint density at radius 3 is 2.47 bits per heavy atom. The van der Waals surface area contributed by atoms with Crippen molar-refractivity contribution in [2.24, 2.45) is 7.05 Å². The highest BCUT2D eigenvalue weighted by molar-refractivity contribution is 7.89. The maximum Gasteiger partial charge on any atom is 0.262 e.